The number of piperidine rings is 1. The SMILES string of the molecule is c1cncc(O[C@@H]2COC3(CCN(Cc4cccs4)CC3)C2)c1. The van der Waals surface area contributed by atoms with Crippen molar-refractivity contribution < 1.29 is 9.47 Å². The molecule has 2 aliphatic rings. The molecule has 4 rings (SSSR count). The van der Waals surface area contributed by atoms with Gasteiger partial charge < -0.3 is 9.47 Å². The van der Waals surface area contributed by atoms with E-state index < -0.39 is 0 Å². The summed E-state index contributed by atoms with van der Waals surface area (Å²) >= 11 is 1.84. The fourth-order valence-corrected chi connectivity index (χ4v) is 4.32. The molecular weight excluding hydrogens is 308 g/mol. The van der Waals surface area contributed by atoms with E-state index in [0.717, 1.165) is 44.6 Å². The number of aromatic nitrogens is 1. The van der Waals surface area contributed by atoms with E-state index in [1.807, 2.05) is 23.5 Å². The van der Waals surface area contributed by atoms with Crippen LogP contribution in [-0.2, 0) is 11.3 Å². The van der Waals surface area contributed by atoms with Crippen molar-refractivity contribution in [3.8, 4) is 5.75 Å². The van der Waals surface area contributed by atoms with E-state index in [4.69, 9.17) is 9.47 Å². The molecule has 0 N–H and O–H groups in total. The first-order valence-electron chi connectivity index (χ1n) is 8.27. The van der Waals surface area contributed by atoms with Gasteiger partial charge in [0.2, 0.25) is 0 Å². The van der Waals surface area contributed by atoms with Crippen molar-refractivity contribution in [2.24, 2.45) is 0 Å². The van der Waals surface area contributed by atoms with Crippen LogP contribution < -0.4 is 4.74 Å². The molecule has 2 fully saturated rings. The highest BCUT2D eigenvalue weighted by Crippen LogP contribution is 2.37. The van der Waals surface area contributed by atoms with Crippen LogP contribution in [0, 0.1) is 0 Å². The van der Waals surface area contributed by atoms with Crippen LogP contribution in [0.25, 0.3) is 0 Å². The van der Waals surface area contributed by atoms with Crippen molar-refractivity contribution in [3.63, 3.8) is 0 Å². The molecule has 0 aliphatic carbocycles. The maximum atomic E-state index is 6.18. The Kier molecular flexibility index (Phi) is 4.33. The van der Waals surface area contributed by atoms with Crippen LogP contribution in [0.5, 0.6) is 5.75 Å². The molecule has 5 heteroatoms. The molecule has 2 aromatic rings. The molecule has 2 aromatic heterocycles. The Morgan fingerprint density at radius 3 is 2.96 bits per heavy atom. The zero-order valence-corrected chi connectivity index (χ0v) is 14.0. The smallest absolute Gasteiger partial charge is 0.138 e. The summed E-state index contributed by atoms with van der Waals surface area (Å²) in [5, 5.41) is 2.15. The van der Waals surface area contributed by atoms with E-state index in [2.05, 4.69) is 27.4 Å². The zero-order chi connectivity index (χ0) is 15.5. The van der Waals surface area contributed by atoms with Crippen molar-refractivity contribution in [2.45, 2.75) is 37.5 Å². The van der Waals surface area contributed by atoms with Gasteiger partial charge in [-0.15, -0.1) is 11.3 Å². The van der Waals surface area contributed by atoms with E-state index in [-0.39, 0.29) is 11.7 Å². The van der Waals surface area contributed by atoms with Crippen molar-refractivity contribution >= 4 is 11.3 Å². The summed E-state index contributed by atoms with van der Waals surface area (Å²) < 4.78 is 12.2. The molecule has 0 aromatic carbocycles. The Labute approximate surface area is 141 Å². The number of likely N-dealkylation sites (tertiary alicyclic amines) is 1. The number of hydrogen-bond acceptors (Lipinski definition) is 5. The Morgan fingerprint density at radius 2 is 2.22 bits per heavy atom. The van der Waals surface area contributed by atoms with E-state index in [9.17, 15) is 0 Å². The largest absolute Gasteiger partial charge is 0.486 e. The van der Waals surface area contributed by atoms with Gasteiger partial charge >= 0.3 is 0 Å². The molecule has 2 saturated heterocycles. The van der Waals surface area contributed by atoms with Crippen LogP contribution in [-0.4, -0.2) is 41.3 Å². The molecule has 4 nitrogen and oxygen atoms in total. The standard InChI is InChI=1S/C18H22N2O2S/c1-3-15(12-19-7-1)22-16-11-18(21-14-16)5-8-20(9-6-18)13-17-4-2-10-23-17/h1-4,7,10,12,16H,5-6,8-9,11,13-14H2/t16-/m0/s1. The van der Waals surface area contributed by atoms with Crippen molar-refractivity contribution in [1.29, 1.82) is 0 Å². The number of hydrogen-bond donors (Lipinski definition) is 0. The van der Waals surface area contributed by atoms with E-state index in [1.165, 1.54) is 4.88 Å². The molecule has 23 heavy (non-hydrogen) atoms. The van der Waals surface area contributed by atoms with Crippen molar-refractivity contribution in [3.05, 3.63) is 46.9 Å². The molecular formula is C18H22N2O2S. The Hall–Kier alpha value is -1.43. The lowest BCUT2D eigenvalue weighted by molar-refractivity contribution is -0.0453. The predicted octanol–water partition coefficient (Wildman–Crippen LogP) is 3.35. The van der Waals surface area contributed by atoms with E-state index in [0.29, 0.717) is 6.61 Å². The predicted molar refractivity (Wildman–Crippen MR) is 90.8 cm³/mol. The van der Waals surface area contributed by atoms with E-state index in [1.54, 1.807) is 12.4 Å². The van der Waals surface area contributed by atoms with Crippen LogP contribution in [0.1, 0.15) is 24.1 Å². The van der Waals surface area contributed by atoms with Crippen molar-refractivity contribution in [2.75, 3.05) is 19.7 Å². The maximum Gasteiger partial charge on any atom is 0.138 e. The Balaban J connectivity index is 1.29. The third kappa shape index (κ3) is 3.57. The van der Waals surface area contributed by atoms with Crippen molar-refractivity contribution in [1.82, 2.24) is 9.88 Å². The lowest BCUT2D eigenvalue weighted by atomic mass is 9.88. The highest BCUT2D eigenvalue weighted by atomic mass is 32.1. The first-order chi connectivity index (χ1) is 11.3. The lowest BCUT2D eigenvalue weighted by Crippen LogP contribution is -2.43. The second kappa shape index (κ2) is 6.59. The number of ether oxygens (including phenoxy) is 2. The van der Waals surface area contributed by atoms with Gasteiger partial charge in [-0.1, -0.05) is 6.07 Å². The minimum absolute atomic E-state index is 0.0266. The average Bonchev–Trinajstić information content (AvgIpc) is 3.22. The van der Waals surface area contributed by atoms with Gasteiger partial charge in [-0.05, 0) is 36.4 Å². The minimum atomic E-state index is 0.0266. The van der Waals surface area contributed by atoms with Gasteiger partial charge in [0.1, 0.15) is 11.9 Å². The second-order valence-electron chi connectivity index (χ2n) is 6.48. The third-order valence-corrected chi connectivity index (χ3v) is 5.70. The van der Waals surface area contributed by atoms with Gasteiger partial charge in [-0.2, -0.15) is 0 Å². The van der Waals surface area contributed by atoms with E-state index >= 15 is 0 Å². The number of thiophene rings is 1. The fourth-order valence-electron chi connectivity index (χ4n) is 3.58. The first-order valence-corrected chi connectivity index (χ1v) is 9.15. The monoisotopic (exact) mass is 330 g/mol. The Bertz CT molecular complexity index is 609. The highest BCUT2D eigenvalue weighted by Gasteiger charge is 2.43. The van der Waals surface area contributed by atoms with Gasteiger partial charge in [0.05, 0.1) is 18.4 Å². The fraction of sp³-hybridized carbons (Fsp3) is 0.500. The van der Waals surface area contributed by atoms with Gasteiger partial charge in [-0.3, -0.25) is 9.88 Å². The minimum Gasteiger partial charge on any atom is -0.486 e. The first kappa shape index (κ1) is 15.1. The summed E-state index contributed by atoms with van der Waals surface area (Å²) in [4.78, 5) is 8.09. The molecule has 1 atom stereocenters. The molecule has 122 valence electrons. The second-order valence-corrected chi connectivity index (χ2v) is 7.51. The highest BCUT2D eigenvalue weighted by molar-refractivity contribution is 7.09. The molecule has 0 unspecified atom stereocenters. The molecule has 0 radical (unpaired) electrons. The van der Waals surface area contributed by atoms with Crippen LogP contribution in [0.3, 0.4) is 0 Å². The lowest BCUT2D eigenvalue weighted by Gasteiger charge is -2.38. The quantitative estimate of drug-likeness (QED) is 0.861. The zero-order valence-electron chi connectivity index (χ0n) is 13.2. The van der Waals surface area contributed by atoms with Gasteiger partial charge in [0, 0.05) is 37.1 Å². The number of rotatable bonds is 4. The Morgan fingerprint density at radius 1 is 1.30 bits per heavy atom. The van der Waals surface area contributed by atoms with Crippen LogP contribution in [0.15, 0.2) is 42.0 Å². The summed E-state index contributed by atoms with van der Waals surface area (Å²) in [6.45, 7) is 3.98. The average molecular weight is 330 g/mol. The summed E-state index contributed by atoms with van der Waals surface area (Å²) in [5.41, 5.74) is 0.0266. The number of pyridine rings is 1. The van der Waals surface area contributed by atoms with Crippen LogP contribution in [0.2, 0.25) is 0 Å². The molecule has 0 bridgehead atoms. The molecule has 4 heterocycles. The summed E-state index contributed by atoms with van der Waals surface area (Å²) in [6, 6.07) is 8.22. The summed E-state index contributed by atoms with van der Waals surface area (Å²) in [5.74, 6) is 0.841. The van der Waals surface area contributed by atoms with Crippen LogP contribution >= 0.6 is 11.3 Å². The van der Waals surface area contributed by atoms with Gasteiger partial charge in [0.15, 0.2) is 0 Å². The molecule has 0 saturated carbocycles. The topological polar surface area (TPSA) is 34.6 Å². The molecule has 1 spiro atoms. The number of nitrogens with zero attached hydrogens (tertiary/aromatic N) is 2. The summed E-state index contributed by atoms with van der Waals surface area (Å²) in [6.07, 6.45) is 6.89. The summed E-state index contributed by atoms with van der Waals surface area (Å²) in [7, 11) is 0. The normalized spacial score (nSPS) is 24.1. The van der Waals surface area contributed by atoms with Gasteiger partial charge in [-0.25, -0.2) is 0 Å². The molecule has 0 amide bonds. The van der Waals surface area contributed by atoms with Crippen LogP contribution in [0.4, 0.5) is 0 Å². The molecule has 2 aliphatic heterocycles. The maximum absolute atomic E-state index is 6.18. The van der Waals surface area contributed by atoms with Gasteiger partial charge in [0.25, 0.3) is 0 Å². The third-order valence-electron chi connectivity index (χ3n) is 4.84.